The van der Waals surface area contributed by atoms with E-state index < -0.39 is 0 Å². The van der Waals surface area contributed by atoms with Gasteiger partial charge in [0.1, 0.15) is 5.76 Å². The number of nitrogens with two attached hydrogens (primary N) is 1. The molecule has 4 nitrogen and oxygen atoms in total. The standard InChI is InChI=1S/C13H20N2O2/c14-8-7-13(5-6-13)10-15-12(16)4-3-11-2-1-9-17-11/h1-2,9H,3-8,10,14H2,(H,15,16). The van der Waals surface area contributed by atoms with Crippen LogP contribution >= 0.6 is 0 Å². The molecule has 4 heteroatoms. The first-order valence-electron chi connectivity index (χ1n) is 6.23. The number of hydrogen-bond donors (Lipinski definition) is 2. The van der Waals surface area contributed by atoms with Crippen LogP contribution in [-0.2, 0) is 11.2 Å². The number of furan rings is 1. The maximum Gasteiger partial charge on any atom is 0.220 e. The first-order chi connectivity index (χ1) is 8.24. The minimum absolute atomic E-state index is 0.102. The number of rotatable bonds is 7. The third-order valence-corrected chi connectivity index (χ3v) is 3.47. The Kier molecular flexibility index (Phi) is 3.84. The van der Waals surface area contributed by atoms with Gasteiger partial charge in [-0.1, -0.05) is 0 Å². The third kappa shape index (κ3) is 3.60. The molecule has 2 rings (SSSR count). The Labute approximate surface area is 102 Å². The van der Waals surface area contributed by atoms with E-state index in [1.165, 1.54) is 12.8 Å². The number of carbonyl (C=O) groups is 1. The molecule has 1 aromatic rings. The van der Waals surface area contributed by atoms with E-state index in [9.17, 15) is 4.79 Å². The number of carbonyl (C=O) groups excluding carboxylic acids is 1. The summed E-state index contributed by atoms with van der Waals surface area (Å²) in [6.45, 7) is 1.49. The predicted molar refractivity (Wildman–Crippen MR) is 65.4 cm³/mol. The molecule has 1 amide bonds. The molecule has 0 aromatic carbocycles. The van der Waals surface area contributed by atoms with Crippen LogP contribution in [-0.4, -0.2) is 19.0 Å². The van der Waals surface area contributed by atoms with Crippen LogP contribution in [0.4, 0.5) is 0 Å². The molecule has 1 aliphatic carbocycles. The summed E-state index contributed by atoms with van der Waals surface area (Å²) in [7, 11) is 0. The quantitative estimate of drug-likeness (QED) is 0.753. The molecule has 17 heavy (non-hydrogen) atoms. The molecule has 0 bridgehead atoms. The van der Waals surface area contributed by atoms with Gasteiger partial charge in [0.05, 0.1) is 6.26 Å². The van der Waals surface area contributed by atoms with Crippen molar-refractivity contribution in [1.29, 1.82) is 0 Å². The van der Waals surface area contributed by atoms with Gasteiger partial charge in [0.2, 0.25) is 5.91 Å². The fourth-order valence-electron chi connectivity index (χ4n) is 2.06. The highest BCUT2D eigenvalue weighted by molar-refractivity contribution is 5.76. The average molecular weight is 236 g/mol. The molecular formula is C13H20N2O2. The highest BCUT2D eigenvalue weighted by atomic mass is 16.3. The molecule has 0 atom stereocenters. The van der Waals surface area contributed by atoms with Crippen molar-refractivity contribution >= 4 is 5.91 Å². The van der Waals surface area contributed by atoms with Crippen molar-refractivity contribution in [2.24, 2.45) is 11.1 Å². The van der Waals surface area contributed by atoms with Crippen LogP contribution in [0.5, 0.6) is 0 Å². The van der Waals surface area contributed by atoms with Gasteiger partial charge in [-0.05, 0) is 43.4 Å². The van der Waals surface area contributed by atoms with E-state index in [1.54, 1.807) is 6.26 Å². The van der Waals surface area contributed by atoms with E-state index in [0.29, 0.717) is 24.8 Å². The highest BCUT2D eigenvalue weighted by Gasteiger charge is 2.41. The molecule has 0 unspecified atom stereocenters. The predicted octanol–water partition coefficient (Wildman–Crippen LogP) is 1.46. The Morgan fingerprint density at radius 1 is 1.53 bits per heavy atom. The number of nitrogens with one attached hydrogen (secondary N) is 1. The molecule has 1 aromatic heterocycles. The summed E-state index contributed by atoms with van der Waals surface area (Å²) in [6.07, 6.45) is 6.21. The minimum Gasteiger partial charge on any atom is -0.469 e. The summed E-state index contributed by atoms with van der Waals surface area (Å²) in [5.41, 5.74) is 5.87. The van der Waals surface area contributed by atoms with Crippen LogP contribution in [0, 0.1) is 5.41 Å². The lowest BCUT2D eigenvalue weighted by Crippen LogP contribution is -2.31. The lowest BCUT2D eigenvalue weighted by molar-refractivity contribution is -0.121. The molecule has 0 saturated heterocycles. The van der Waals surface area contributed by atoms with Crippen molar-refractivity contribution in [2.75, 3.05) is 13.1 Å². The van der Waals surface area contributed by atoms with Gasteiger partial charge >= 0.3 is 0 Å². The average Bonchev–Trinajstić information content (AvgIpc) is 2.90. The largest absolute Gasteiger partial charge is 0.469 e. The summed E-state index contributed by atoms with van der Waals surface area (Å²) in [5.74, 6) is 0.966. The molecule has 1 saturated carbocycles. The van der Waals surface area contributed by atoms with Gasteiger partial charge in [-0.15, -0.1) is 0 Å². The monoisotopic (exact) mass is 236 g/mol. The fourth-order valence-corrected chi connectivity index (χ4v) is 2.06. The Morgan fingerprint density at radius 3 is 2.94 bits per heavy atom. The fraction of sp³-hybridized carbons (Fsp3) is 0.615. The van der Waals surface area contributed by atoms with Crippen molar-refractivity contribution in [3.05, 3.63) is 24.2 Å². The highest BCUT2D eigenvalue weighted by Crippen LogP contribution is 2.47. The maximum absolute atomic E-state index is 11.6. The second-order valence-corrected chi connectivity index (χ2v) is 4.89. The summed E-state index contributed by atoms with van der Waals surface area (Å²) < 4.78 is 5.18. The van der Waals surface area contributed by atoms with E-state index in [-0.39, 0.29) is 5.91 Å². The molecule has 1 heterocycles. The number of aryl methyl sites for hydroxylation is 1. The van der Waals surface area contributed by atoms with E-state index in [4.69, 9.17) is 10.2 Å². The van der Waals surface area contributed by atoms with Gasteiger partial charge in [-0.3, -0.25) is 4.79 Å². The van der Waals surface area contributed by atoms with Gasteiger partial charge in [-0.25, -0.2) is 0 Å². The molecule has 0 radical (unpaired) electrons. The van der Waals surface area contributed by atoms with Gasteiger partial charge in [-0.2, -0.15) is 0 Å². The van der Waals surface area contributed by atoms with Crippen molar-refractivity contribution in [1.82, 2.24) is 5.32 Å². The van der Waals surface area contributed by atoms with Crippen LogP contribution in [0.1, 0.15) is 31.4 Å². The number of hydrogen-bond acceptors (Lipinski definition) is 3. The Morgan fingerprint density at radius 2 is 2.35 bits per heavy atom. The normalized spacial score (nSPS) is 16.8. The summed E-state index contributed by atoms with van der Waals surface area (Å²) in [6, 6.07) is 3.73. The molecule has 1 fully saturated rings. The van der Waals surface area contributed by atoms with Crippen LogP contribution in [0.25, 0.3) is 0 Å². The Balaban J connectivity index is 1.64. The molecule has 0 aliphatic heterocycles. The second-order valence-electron chi connectivity index (χ2n) is 4.89. The first-order valence-corrected chi connectivity index (χ1v) is 6.23. The summed E-state index contributed by atoms with van der Waals surface area (Å²) in [4.78, 5) is 11.6. The topological polar surface area (TPSA) is 68.3 Å². The van der Waals surface area contributed by atoms with Gasteiger partial charge < -0.3 is 15.5 Å². The Bertz CT molecular complexity index is 356. The molecule has 0 spiro atoms. The van der Waals surface area contributed by atoms with Gasteiger partial charge in [0, 0.05) is 19.4 Å². The molecule has 3 N–H and O–H groups in total. The van der Waals surface area contributed by atoms with E-state index in [0.717, 1.165) is 18.7 Å². The van der Waals surface area contributed by atoms with Crippen molar-refractivity contribution in [3.8, 4) is 0 Å². The van der Waals surface area contributed by atoms with Crippen molar-refractivity contribution in [2.45, 2.75) is 32.1 Å². The van der Waals surface area contributed by atoms with Gasteiger partial charge in [0.15, 0.2) is 0 Å². The third-order valence-electron chi connectivity index (χ3n) is 3.47. The van der Waals surface area contributed by atoms with Crippen LogP contribution in [0.15, 0.2) is 22.8 Å². The first kappa shape index (κ1) is 12.2. The van der Waals surface area contributed by atoms with E-state index in [2.05, 4.69) is 5.32 Å². The molecular weight excluding hydrogens is 216 g/mol. The second kappa shape index (κ2) is 5.36. The zero-order valence-electron chi connectivity index (χ0n) is 10.1. The lowest BCUT2D eigenvalue weighted by Gasteiger charge is -2.14. The molecule has 1 aliphatic rings. The minimum atomic E-state index is 0.102. The lowest BCUT2D eigenvalue weighted by atomic mass is 10.0. The zero-order valence-corrected chi connectivity index (χ0v) is 10.1. The van der Waals surface area contributed by atoms with Gasteiger partial charge in [0.25, 0.3) is 0 Å². The summed E-state index contributed by atoms with van der Waals surface area (Å²) >= 11 is 0. The summed E-state index contributed by atoms with van der Waals surface area (Å²) in [5, 5.41) is 3.00. The van der Waals surface area contributed by atoms with Crippen LogP contribution in [0.2, 0.25) is 0 Å². The SMILES string of the molecule is NCCC1(CNC(=O)CCc2ccco2)CC1. The molecule has 94 valence electrons. The van der Waals surface area contributed by atoms with Crippen molar-refractivity contribution < 1.29 is 9.21 Å². The smallest absolute Gasteiger partial charge is 0.220 e. The van der Waals surface area contributed by atoms with E-state index >= 15 is 0 Å². The van der Waals surface area contributed by atoms with E-state index in [1.807, 2.05) is 12.1 Å². The van der Waals surface area contributed by atoms with Crippen LogP contribution < -0.4 is 11.1 Å². The Hall–Kier alpha value is -1.29. The maximum atomic E-state index is 11.6. The van der Waals surface area contributed by atoms with Crippen LogP contribution in [0.3, 0.4) is 0 Å². The van der Waals surface area contributed by atoms with Crippen molar-refractivity contribution in [3.63, 3.8) is 0 Å². The number of amides is 1. The zero-order chi connectivity index (χ0) is 12.1.